The van der Waals surface area contributed by atoms with Crippen LogP contribution in [-0.4, -0.2) is 48.6 Å². The molecule has 0 radical (unpaired) electrons. The summed E-state index contributed by atoms with van der Waals surface area (Å²) in [5.74, 6) is -0.213. The van der Waals surface area contributed by atoms with Gasteiger partial charge in [0.25, 0.3) is 0 Å². The van der Waals surface area contributed by atoms with Crippen molar-refractivity contribution in [1.82, 2.24) is 5.32 Å². The fourth-order valence-electron chi connectivity index (χ4n) is 3.36. The van der Waals surface area contributed by atoms with Crippen LogP contribution in [0.25, 0.3) is 0 Å². The van der Waals surface area contributed by atoms with Crippen molar-refractivity contribution in [3.63, 3.8) is 0 Å². The third-order valence-electron chi connectivity index (χ3n) is 4.76. The molecule has 0 aromatic rings. The van der Waals surface area contributed by atoms with Crippen LogP contribution in [0, 0.1) is 5.92 Å². The molecule has 3 fully saturated rings. The highest BCUT2D eigenvalue weighted by molar-refractivity contribution is 5.79. The minimum atomic E-state index is -0.754. The number of carboxylic acids is 1. The van der Waals surface area contributed by atoms with Crippen LogP contribution in [-0.2, 0) is 14.3 Å². The SMILES string of the molecule is O=C(O)C1(NC2CC2)CCCC(OCC2CCOC2)C1. The molecule has 3 rings (SSSR count). The summed E-state index contributed by atoms with van der Waals surface area (Å²) in [5.41, 5.74) is -0.754. The van der Waals surface area contributed by atoms with E-state index in [0.717, 1.165) is 51.7 Å². The Morgan fingerprint density at radius 2 is 2.20 bits per heavy atom. The van der Waals surface area contributed by atoms with Crippen LogP contribution in [0.5, 0.6) is 0 Å². The highest BCUT2D eigenvalue weighted by Crippen LogP contribution is 2.34. The maximum Gasteiger partial charge on any atom is 0.324 e. The summed E-state index contributed by atoms with van der Waals surface area (Å²) in [7, 11) is 0. The number of carbonyl (C=O) groups is 1. The largest absolute Gasteiger partial charge is 0.480 e. The van der Waals surface area contributed by atoms with Crippen LogP contribution in [0.4, 0.5) is 0 Å². The number of hydrogen-bond acceptors (Lipinski definition) is 4. The van der Waals surface area contributed by atoms with Crippen molar-refractivity contribution in [2.75, 3.05) is 19.8 Å². The zero-order chi connectivity index (χ0) is 14.0. The average molecular weight is 283 g/mol. The second-order valence-corrected chi connectivity index (χ2v) is 6.59. The van der Waals surface area contributed by atoms with E-state index in [0.29, 0.717) is 25.0 Å². The third kappa shape index (κ3) is 3.32. The molecular formula is C15H25NO4. The molecule has 114 valence electrons. The molecule has 0 amide bonds. The molecule has 0 spiro atoms. The van der Waals surface area contributed by atoms with Crippen LogP contribution < -0.4 is 5.32 Å². The minimum absolute atomic E-state index is 0.0756. The van der Waals surface area contributed by atoms with Gasteiger partial charge in [0.15, 0.2) is 0 Å². The lowest BCUT2D eigenvalue weighted by atomic mass is 9.80. The zero-order valence-corrected chi connectivity index (χ0v) is 12.0. The van der Waals surface area contributed by atoms with Gasteiger partial charge in [-0.3, -0.25) is 10.1 Å². The van der Waals surface area contributed by atoms with Gasteiger partial charge in [-0.05, 0) is 38.5 Å². The van der Waals surface area contributed by atoms with Crippen LogP contribution in [0.15, 0.2) is 0 Å². The first-order valence-electron chi connectivity index (χ1n) is 7.88. The van der Waals surface area contributed by atoms with Crippen molar-refractivity contribution >= 4 is 5.97 Å². The summed E-state index contributed by atoms with van der Waals surface area (Å²) in [6.07, 6.45) is 6.60. The lowest BCUT2D eigenvalue weighted by Gasteiger charge is -2.38. The molecule has 3 aliphatic rings. The lowest BCUT2D eigenvalue weighted by molar-refractivity contribution is -0.149. The highest BCUT2D eigenvalue weighted by atomic mass is 16.5. The number of ether oxygens (including phenoxy) is 2. The molecule has 0 aromatic heterocycles. The third-order valence-corrected chi connectivity index (χ3v) is 4.76. The molecule has 2 aliphatic carbocycles. The molecule has 2 N–H and O–H groups in total. The van der Waals surface area contributed by atoms with Gasteiger partial charge in [0.1, 0.15) is 5.54 Å². The van der Waals surface area contributed by atoms with Gasteiger partial charge in [-0.25, -0.2) is 0 Å². The summed E-state index contributed by atoms with van der Waals surface area (Å²) in [5, 5.41) is 13.0. The number of rotatable bonds is 6. The van der Waals surface area contributed by atoms with Crippen molar-refractivity contribution in [2.45, 2.75) is 62.6 Å². The Hall–Kier alpha value is -0.650. The monoisotopic (exact) mass is 283 g/mol. The van der Waals surface area contributed by atoms with Gasteiger partial charge in [-0.15, -0.1) is 0 Å². The van der Waals surface area contributed by atoms with Gasteiger partial charge in [0, 0.05) is 25.0 Å². The topological polar surface area (TPSA) is 67.8 Å². The summed E-state index contributed by atoms with van der Waals surface area (Å²) >= 11 is 0. The fourth-order valence-corrected chi connectivity index (χ4v) is 3.36. The van der Waals surface area contributed by atoms with E-state index in [1.54, 1.807) is 0 Å². The number of aliphatic carboxylic acids is 1. The summed E-state index contributed by atoms with van der Waals surface area (Å²) in [4.78, 5) is 11.7. The first-order chi connectivity index (χ1) is 9.68. The van der Waals surface area contributed by atoms with Gasteiger partial charge in [-0.2, -0.15) is 0 Å². The normalized spacial score (nSPS) is 38.0. The van der Waals surface area contributed by atoms with Crippen molar-refractivity contribution < 1.29 is 19.4 Å². The maximum absolute atomic E-state index is 11.7. The van der Waals surface area contributed by atoms with E-state index in [4.69, 9.17) is 9.47 Å². The smallest absolute Gasteiger partial charge is 0.324 e. The Morgan fingerprint density at radius 3 is 2.85 bits per heavy atom. The van der Waals surface area contributed by atoms with Gasteiger partial charge in [0.05, 0.1) is 19.3 Å². The second kappa shape index (κ2) is 6.00. The van der Waals surface area contributed by atoms with E-state index < -0.39 is 11.5 Å². The van der Waals surface area contributed by atoms with Crippen LogP contribution >= 0.6 is 0 Å². The van der Waals surface area contributed by atoms with Crippen molar-refractivity contribution in [3.8, 4) is 0 Å². The Labute approximate surface area is 120 Å². The van der Waals surface area contributed by atoms with E-state index in [-0.39, 0.29) is 6.10 Å². The molecule has 0 bridgehead atoms. The van der Waals surface area contributed by atoms with Gasteiger partial charge < -0.3 is 14.6 Å². The van der Waals surface area contributed by atoms with Crippen molar-refractivity contribution in [2.24, 2.45) is 5.92 Å². The Bertz CT molecular complexity index is 352. The number of carboxylic acid groups (broad SMARTS) is 1. The summed E-state index contributed by atoms with van der Waals surface area (Å²) < 4.78 is 11.3. The van der Waals surface area contributed by atoms with E-state index in [2.05, 4.69) is 5.32 Å². The average Bonchev–Trinajstić information content (AvgIpc) is 3.08. The summed E-state index contributed by atoms with van der Waals surface area (Å²) in [6, 6.07) is 0.410. The van der Waals surface area contributed by atoms with E-state index in [9.17, 15) is 9.90 Å². The number of nitrogens with one attached hydrogen (secondary N) is 1. The standard InChI is InChI=1S/C15H25NO4/c17-14(18)15(16-12-3-4-12)6-1-2-13(8-15)20-10-11-5-7-19-9-11/h11-13,16H,1-10H2,(H,17,18). The molecular weight excluding hydrogens is 258 g/mol. The lowest BCUT2D eigenvalue weighted by Crippen LogP contribution is -2.57. The predicted molar refractivity (Wildman–Crippen MR) is 73.7 cm³/mol. The van der Waals surface area contributed by atoms with E-state index in [1.807, 2.05) is 0 Å². The first-order valence-corrected chi connectivity index (χ1v) is 7.88. The first kappa shape index (κ1) is 14.3. The molecule has 1 saturated heterocycles. The van der Waals surface area contributed by atoms with Crippen molar-refractivity contribution in [1.29, 1.82) is 0 Å². The molecule has 1 aliphatic heterocycles. The highest BCUT2D eigenvalue weighted by Gasteiger charge is 2.46. The quantitative estimate of drug-likeness (QED) is 0.774. The van der Waals surface area contributed by atoms with Crippen LogP contribution in [0.1, 0.15) is 44.9 Å². The Balaban J connectivity index is 1.54. The molecule has 0 aromatic carbocycles. The molecule has 5 heteroatoms. The molecule has 2 saturated carbocycles. The molecule has 3 atom stereocenters. The summed E-state index contributed by atoms with van der Waals surface area (Å²) in [6.45, 7) is 2.34. The Kier molecular flexibility index (Phi) is 4.29. The fraction of sp³-hybridized carbons (Fsp3) is 0.933. The van der Waals surface area contributed by atoms with Gasteiger partial charge in [-0.1, -0.05) is 0 Å². The molecule has 20 heavy (non-hydrogen) atoms. The van der Waals surface area contributed by atoms with E-state index in [1.165, 1.54) is 0 Å². The van der Waals surface area contributed by atoms with E-state index >= 15 is 0 Å². The second-order valence-electron chi connectivity index (χ2n) is 6.59. The van der Waals surface area contributed by atoms with Gasteiger partial charge >= 0.3 is 5.97 Å². The molecule has 5 nitrogen and oxygen atoms in total. The van der Waals surface area contributed by atoms with Crippen LogP contribution in [0.3, 0.4) is 0 Å². The molecule has 1 heterocycles. The maximum atomic E-state index is 11.7. The van der Waals surface area contributed by atoms with Crippen LogP contribution in [0.2, 0.25) is 0 Å². The number of hydrogen-bond donors (Lipinski definition) is 2. The van der Waals surface area contributed by atoms with Crippen molar-refractivity contribution in [3.05, 3.63) is 0 Å². The Morgan fingerprint density at radius 1 is 1.35 bits per heavy atom. The molecule has 3 unspecified atom stereocenters. The zero-order valence-electron chi connectivity index (χ0n) is 12.0. The predicted octanol–water partition coefficient (Wildman–Crippen LogP) is 1.56. The van der Waals surface area contributed by atoms with Gasteiger partial charge in [0.2, 0.25) is 0 Å². The minimum Gasteiger partial charge on any atom is -0.480 e.